The van der Waals surface area contributed by atoms with Gasteiger partial charge in [-0.1, -0.05) is 0 Å². The highest BCUT2D eigenvalue weighted by Gasteiger charge is 2.45. The maximum atomic E-state index is 12.0. The summed E-state index contributed by atoms with van der Waals surface area (Å²) in [5.74, 6) is 0.665. The second-order valence-corrected chi connectivity index (χ2v) is 4.73. The molecule has 1 aliphatic heterocycles. The molecule has 1 aliphatic carbocycles. The summed E-state index contributed by atoms with van der Waals surface area (Å²) in [5, 5.41) is 9.62. The minimum atomic E-state index is -0.360. The Labute approximate surface area is 104 Å². The minimum absolute atomic E-state index is 0.0420. The van der Waals surface area contributed by atoms with Crippen LogP contribution < -0.4 is 5.32 Å². The first-order chi connectivity index (χ1) is 8.75. The number of rotatable bonds is 5. The first kappa shape index (κ1) is 11.3. The van der Waals surface area contributed by atoms with E-state index in [1.54, 1.807) is 0 Å². The smallest absolute Gasteiger partial charge is 0.247 e. The van der Waals surface area contributed by atoms with Crippen molar-refractivity contribution >= 4 is 11.8 Å². The van der Waals surface area contributed by atoms with Crippen LogP contribution in [0.2, 0.25) is 0 Å². The number of nitrogens with one attached hydrogen (secondary N) is 2. The SMILES string of the molecule is O=C1CC(NCCc2ncn[nH]2)C(=O)N1C1CC1. The molecule has 96 valence electrons. The topological polar surface area (TPSA) is 91.0 Å². The van der Waals surface area contributed by atoms with Crippen LogP contribution in [0.25, 0.3) is 0 Å². The van der Waals surface area contributed by atoms with Gasteiger partial charge in [-0.05, 0) is 12.8 Å². The first-order valence-corrected chi connectivity index (χ1v) is 6.19. The fourth-order valence-electron chi connectivity index (χ4n) is 2.24. The molecule has 1 aromatic heterocycles. The Morgan fingerprint density at radius 1 is 1.44 bits per heavy atom. The largest absolute Gasteiger partial charge is 0.305 e. The summed E-state index contributed by atoms with van der Waals surface area (Å²) in [5.41, 5.74) is 0. The van der Waals surface area contributed by atoms with E-state index >= 15 is 0 Å². The van der Waals surface area contributed by atoms with E-state index in [2.05, 4.69) is 20.5 Å². The van der Waals surface area contributed by atoms with Crippen molar-refractivity contribution in [3.05, 3.63) is 12.2 Å². The zero-order valence-corrected chi connectivity index (χ0v) is 9.93. The normalized spacial score (nSPS) is 24.0. The van der Waals surface area contributed by atoms with Gasteiger partial charge >= 0.3 is 0 Å². The zero-order chi connectivity index (χ0) is 12.5. The molecular weight excluding hydrogens is 234 g/mol. The van der Waals surface area contributed by atoms with Gasteiger partial charge in [0, 0.05) is 19.0 Å². The van der Waals surface area contributed by atoms with Crippen LogP contribution in [0.1, 0.15) is 25.1 Å². The van der Waals surface area contributed by atoms with Gasteiger partial charge in [-0.3, -0.25) is 19.6 Å². The van der Waals surface area contributed by atoms with Gasteiger partial charge in [-0.15, -0.1) is 0 Å². The van der Waals surface area contributed by atoms with E-state index in [1.807, 2.05) is 0 Å². The molecule has 7 heteroatoms. The van der Waals surface area contributed by atoms with E-state index in [1.165, 1.54) is 11.2 Å². The number of imide groups is 1. The molecule has 7 nitrogen and oxygen atoms in total. The van der Waals surface area contributed by atoms with Crippen molar-refractivity contribution < 1.29 is 9.59 Å². The van der Waals surface area contributed by atoms with E-state index in [-0.39, 0.29) is 30.3 Å². The highest BCUT2D eigenvalue weighted by atomic mass is 16.2. The average molecular weight is 249 g/mol. The highest BCUT2D eigenvalue weighted by molar-refractivity contribution is 6.06. The highest BCUT2D eigenvalue weighted by Crippen LogP contribution is 2.31. The number of nitrogens with zero attached hydrogens (tertiary/aromatic N) is 3. The zero-order valence-electron chi connectivity index (χ0n) is 9.93. The minimum Gasteiger partial charge on any atom is -0.305 e. The molecule has 1 atom stereocenters. The third-order valence-corrected chi connectivity index (χ3v) is 3.31. The van der Waals surface area contributed by atoms with Crippen LogP contribution in [0.4, 0.5) is 0 Å². The van der Waals surface area contributed by atoms with Gasteiger partial charge < -0.3 is 5.32 Å². The summed E-state index contributed by atoms with van der Waals surface area (Å²) >= 11 is 0. The maximum Gasteiger partial charge on any atom is 0.247 e. The molecular formula is C11H15N5O2. The number of hydrogen-bond acceptors (Lipinski definition) is 5. The molecule has 2 amide bonds. The summed E-state index contributed by atoms with van der Waals surface area (Å²) in [4.78, 5) is 29.1. The molecule has 1 unspecified atom stereocenters. The number of likely N-dealkylation sites (tertiary alicyclic amines) is 1. The van der Waals surface area contributed by atoms with Crippen LogP contribution in [0.5, 0.6) is 0 Å². The third-order valence-electron chi connectivity index (χ3n) is 3.31. The summed E-state index contributed by atoms with van der Waals surface area (Å²) < 4.78 is 0. The summed E-state index contributed by atoms with van der Waals surface area (Å²) in [6.45, 7) is 0.609. The van der Waals surface area contributed by atoms with Gasteiger partial charge in [-0.2, -0.15) is 5.10 Å². The number of aromatic nitrogens is 3. The van der Waals surface area contributed by atoms with Crippen molar-refractivity contribution in [2.45, 2.75) is 37.8 Å². The molecule has 1 aromatic rings. The number of hydrogen-bond donors (Lipinski definition) is 2. The Bertz CT molecular complexity index is 454. The fourth-order valence-corrected chi connectivity index (χ4v) is 2.24. The first-order valence-electron chi connectivity index (χ1n) is 6.19. The lowest BCUT2D eigenvalue weighted by atomic mass is 10.2. The lowest BCUT2D eigenvalue weighted by Gasteiger charge is -2.14. The second kappa shape index (κ2) is 4.49. The van der Waals surface area contributed by atoms with Crippen molar-refractivity contribution in [3.63, 3.8) is 0 Å². The lowest BCUT2D eigenvalue weighted by Crippen LogP contribution is -2.40. The monoisotopic (exact) mass is 249 g/mol. The van der Waals surface area contributed by atoms with Crippen molar-refractivity contribution in [2.24, 2.45) is 0 Å². The van der Waals surface area contributed by atoms with Crippen molar-refractivity contribution in [1.82, 2.24) is 25.4 Å². The molecule has 1 saturated carbocycles. The number of aromatic amines is 1. The van der Waals surface area contributed by atoms with Crippen LogP contribution in [0, 0.1) is 0 Å². The van der Waals surface area contributed by atoms with Gasteiger partial charge in [0.05, 0.1) is 12.5 Å². The van der Waals surface area contributed by atoms with Crippen LogP contribution in [-0.2, 0) is 16.0 Å². The average Bonchev–Trinajstić information content (AvgIpc) is 2.95. The molecule has 0 bridgehead atoms. The number of carbonyl (C=O) groups excluding carboxylic acids is 2. The van der Waals surface area contributed by atoms with E-state index in [0.717, 1.165) is 18.7 Å². The Hall–Kier alpha value is -1.76. The van der Waals surface area contributed by atoms with Crippen LogP contribution in [-0.4, -0.2) is 50.5 Å². The van der Waals surface area contributed by atoms with Gasteiger partial charge in [0.2, 0.25) is 11.8 Å². The molecule has 0 aromatic carbocycles. The van der Waals surface area contributed by atoms with Crippen LogP contribution in [0.15, 0.2) is 6.33 Å². The van der Waals surface area contributed by atoms with Gasteiger partial charge in [0.25, 0.3) is 0 Å². The second-order valence-electron chi connectivity index (χ2n) is 4.73. The molecule has 0 spiro atoms. The van der Waals surface area contributed by atoms with Crippen LogP contribution >= 0.6 is 0 Å². The third kappa shape index (κ3) is 2.13. The van der Waals surface area contributed by atoms with Gasteiger partial charge in [0.1, 0.15) is 12.2 Å². The quantitative estimate of drug-likeness (QED) is 0.668. The summed E-state index contributed by atoms with van der Waals surface area (Å²) in [7, 11) is 0. The Morgan fingerprint density at radius 3 is 2.94 bits per heavy atom. The molecule has 2 heterocycles. The van der Waals surface area contributed by atoms with E-state index in [9.17, 15) is 9.59 Å². The lowest BCUT2D eigenvalue weighted by molar-refractivity contribution is -0.139. The molecule has 1 saturated heterocycles. The van der Waals surface area contributed by atoms with E-state index in [4.69, 9.17) is 0 Å². The molecule has 3 rings (SSSR count). The molecule has 0 radical (unpaired) electrons. The maximum absolute atomic E-state index is 12.0. The molecule has 2 fully saturated rings. The molecule has 18 heavy (non-hydrogen) atoms. The Morgan fingerprint density at radius 2 is 2.28 bits per heavy atom. The standard InChI is InChI=1S/C11H15N5O2/c17-10-5-8(11(18)16(10)7-1-2-7)12-4-3-9-13-6-14-15-9/h6-8,12H,1-5H2,(H,13,14,15). The fraction of sp³-hybridized carbons (Fsp3) is 0.636. The van der Waals surface area contributed by atoms with E-state index in [0.29, 0.717) is 13.0 Å². The van der Waals surface area contributed by atoms with Crippen molar-refractivity contribution in [2.75, 3.05) is 6.54 Å². The number of amides is 2. The summed E-state index contributed by atoms with van der Waals surface area (Å²) in [6, 6.07) is -0.188. The van der Waals surface area contributed by atoms with Gasteiger partial charge in [-0.25, -0.2) is 4.98 Å². The van der Waals surface area contributed by atoms with Crippen molar-refractivity contribution in [1.29, 1.82) is 0 Å². The van der Waals surface area contributed by atoms with Crippen LogP contribution in [0.3, 0.4) is 0 Å². The number of carbonyl (C=O) groups is 2. The number of H-pyrrole nitrogens is 1. The summed E-state index contributed by atoms with van der Waals surface area (Å²) in [6.07, 6.45) is 4.33. The Kier molecular flexibility index (Phi) is 2.83. The van der Waals surface area contributed by atoms with E-state index < -0.39 is 0 Å². The Balaban J connectivity index is 1.51. The van der Waals surface area contributed by atoms with Gasteiger partial charge in [0.15, 0.2) is 0 Å². The predicted octanol–water partition coefficient (Wildman–Crippen LogP) is -0.773. The molecule has 2 N–H and O–H groups in total. The van der Waals surface area contributed by atoms with Crippen molar-refractivity contribution in [3.8, 4) is 0 Å². The molecule has 2 aliphatic rings. The predicted molar refractivity (Wildman–Crippen MR) is 61.4 cm³/mol.